The fourth-order valence-electron chi connectivity index (χ4n) is 7.41. The average molecular weight is 665 g/mol. The van der Waals surface area contributed by atoms with Crippen molar-refractivity contribution >= 4 is 60.5 Å². The van der Waals surface area contributed by atoms with E-state index in [-0.39, 0.29) is 0 Å². The van der Waals surface area contributed by atoms with Gasteiger partial charge in [-0.05, 0) is 98.2 Å². The molecule has 0 N–H and O–H groups in total. The van der Waals surface area contributed by atoms with Crippen LogP contribution in [-0.4, -0.2) is 4.98 Å². The maximum Gasteiger partial charge on any atom is 0.227 e. The SMILES string of the molecule is c1ccc2cc(-c3ccc(N(c4ccc(-c5cccc6nc(-c7ccc8ccccc8c7)oc56)cc4)c4cccc5ccccc45)cc3)ccc2c1. The van der Waals surface area contributed by atoms with Gasteiger partial charge < -0.3 is 9.32 Å². The Bertz CT molecular complexity index is 2900. The van der Waals surface area contributed by atoms with Gasteiger partial charge in [-0.2, -0.15) is 0 Å². The van der Waals surface area contributed by atoms with Gasteiger partial charge in [-0.1, -0.05) is 140 Å². The van der Waals surface area contributed by atoms with E-state index >= 15 is 0 Å². The van der Waals surface area contributed by atoms with Crippen LogP contribution in [0, 0.1) is 0 Å². The molecule has 52 heavy (non-hydrogen) atoms. The maximum absolute atomic E-state index is 6.50. The number of anilines is 3. The Morgan fingerprint density at radius 1 is 0.385 bits per heavy atom. The number of aromatic nitrogens is 1. The van der Waals surface area contributed by atoms with E-state index in [2.05, 4.69) is 193 Å². The minimum Gasteiger partial charge on any atom is -0.435 e. The number of nitrogens with zero attached hydrogens (tertiary/aromatic N) is 2. The van der Waals surface area contributed by atoms with Crippen LogP contribution >= 0.6 is 0 Å². The zero-order chi connectivity index (χ0) is 34.4. The average Bonchev–Trinajstić information content (AvgIpc) is 3.66. The van der Waals surface area contributed by atoms with Crippen LogP contribution in [0.1, 0.15) is 0 Å². The number of hydrogen-bond acceptors (Lipinski definition) is 3. The second kappa shape index (κ2) is 12.4. The smallest absolute Gasteiger partial charge is 0.227 e. The molecule has 1 heterocycles. The lowest BCUT2D eigenvalue weighted by Crippen LogP contribution is -2.10. The zero-order valence-corrected chi connectivity index (χ0v) is 28.3. The van der Waals surface area contributed by atoms with Crippen LogP contribution in [0.3, 0.4) is 0 Å². The number of para-hydroxylation sites is 1. The molecule has 3 heteroatoms. The Kier molecular flexibility index (Phi) is 7.14. The normalized spacial score (nSPS) is 11.5. The highest BCUT2D eigenvalue weighted by Gasteiger charge is 2.18. The van der Waals surface area contributed by atoms with E-state index in [1.54, 1.807) is 0 Å². The van der Waals surface area contributed by atoms with E-state index in [0.717, 1.165) is 50.2 Å². The summed E-state index contributed by atoms with van der Waals surface area (Å²) in [5, 5.41) is 7.25. The Morgan fingerprint density at radius 2 is 0.923 bits per heavy atom. The molecule has 0 fully saturated rings. The minimum absolute atomic E-state index is 0.624. The van der Waals surface area contributed by atoms with E-state index in [9.17, 15) is 0 Å². The highest BCUT2D eigenvalue weighted by atomic mass is 16.3. The standard InChI is InChI=1S/C49H32N2O/c1-3-12-38-31-40(21-19-33(38)9-1)35-23-27-42(28-24-35)51(47-18-7-14-36-11-5-6-15-44(36)47)43-29-25-37(26-30-43)45-16-8-17-46-48(45)52-49(50-46)41-22-20-34-10-2-4-13-39(34)32-41/h1-32H. The fourth-order valence-corrected chi connectivity index (χ4v) is 7.41. The number of fused-ring (bicyclic) bond motifs is 4. The van der Waals surface area contributed by atoms with Gasteiger partial charge in [0.1, 0.15) is 5.52 Å². The van der Waals surface area contributed by atoms with E-state index in [0.29, 0.717) is 5.89 Å². The first-order valence-corrected chi connectivity index (χ1v) is 17.6. The topological polar surface area (TPSA) is 29.3 Å². The summed E-state index contributed by atoms with van der Waals surface area (Å²) < 4.78 is 6.50. The van der Waals surface area contributed by atoms with Crippen molar-refractivity contribution in [3.63, 3.8) is 0 Å². The Balaban J connectivity index is 1.04. The number of oxazole rings is 1. The van der Waals surface area contributed by atoms with E-state index < -0.39 is 0 Å². The molecular weight excluding hydrogens is 633 g/mol. The lowest BCUT2D eigenvalue weighted by atomic mass is 10.0. The molecule has 0 amide bonds. The molecule has 9 aromatic carbocycles. The van der Waals surface area contributed by atoms with Crippen LogP contribution in [-0.2, 0) is 0 Å². The molecule has 0 atom stereocenters. The predicted molar refractivity (Wildman–Crippen MR) is 218 cm³/mol. The summed E-state index contributed by atoms with van der Waals surface area (Å²) in [6, 6.07) is 68.9. The molecule has 0 spiro atoms. The maximum atomic E-state index is 6.50. The van der Waals surface area contributed by atoms with Gasteiger partial charge in [-0.3, -0.25) is 0 Å². The highest BCUT2D eigenvalue weighted by Crippen LogP contribution is 2.41. The minimum atomic E-state index is 0.624. The second-order valence-corrected chi connectivity index (χ2v) is 13.2. The van der Waals surface area contributed by atoms with Gasteiger partial charge in [-0.25, -0.2) is 4.98 Å². The summed E-state index contributed by atoms with van der Waals surface area (Å²) in [5.41, 5.74) is 10.4. The van der Waals surface area contributed by atoms with Gasteiger partial charge in [0, 0.05) is 27.9 Å². The fraction of sp³-hybridized carbons (Fsp3) is 0. The molecule has 0 unspecified atom stereocenters. The molecule has 0 radical (unpaired) electrons. The molecule has 1 aromatic heterocycles. The molecule has 0 aliphatic rings. The van der Waals surface area contributed by atoms with E-state index in [1.165, 1.54) is 38.1 Å². The van der Waals surface area contributed by atoms with Gasteiger partial charge >= 0.3 is 0 Å². The van der Waals surface area contributed by atoms with Crippen LogP contribution in [0.2, 0.25) is 0 Å². The van der Waals surface area contributed by atoms with Crippen molar-refractivity contribution in [3.05, 3.63) is 194 Å². The summed E-state index contributed by atoms with van der Waals surface area (Å²) in [5.74, 6) is 0.624. The first-order chi connectivity index (χ1) is 25.7. The molecule has 0 saturated heterocycles. The number of benzene rings is 9. The van der Waals surface area contributed by atoms with Crippen LogP contribution < -0.4 is 4.90 Å². The van der Waals surface area contributed by atoms with E-state index in [1.807, 2.05) is 6.07 Å². The van der Waals surface area contributed by atoms with Crippen molar-refractivity contribution in [3.8, 4) is 33.7 Å². The van der Waals surface area contributed by atoms with Gasteiger partial charge in [0.15, 0.2) is 5.58 Å². The molecule has 244 valence electrons. The van der Waals surface area contributed by atoms with Crippen molar-refractivity contribution in [2.45, 2.75) is 0 Å². The molecule has 3 nitrogen and oxygen atoms in total. The van der Waals surface area contributed by atoms with Gasteiger partial charge in [0.05, 0.1) is 5.69 Å². The third kappa shape index (κ3) is 5.28. The lowest BCUT2D eigenvalue weighted by Gasteiger charge is -2.27. The van der Waals surface area contributed by atoms with Crippen molar-refractivity contribution < 1.29 is 4.42 Å². The molecule has 0 bridgehead atoms. The second-order valence-electron chi connectivity index (χ2n) is 13.2. The van der Waals surface area contributed by atoms with Gasteiger partial charge in [0.2, 0.25) is 5.89 Å². The van der Waals surface area contributed by atoms with Crippen molar-refractivity contribution in [1.82, 2.24) is 4.98 Å². The molecule has 0 aliphatic heterocycles. The van der Waals surface area contributed by atoms with Crippen LogP contribution in [0.25, 0.3) is 77.1 Å². The predicted octanol–water partition coefficient (Wildman–Crippen LogP) is 13.8. The summed E-state index contributed by atoms with van der Waals surface area (Å²) in [7, 11) is 0. The molecule has 10 rings (SSSR count). The van der Waals surface area contributed by atoms with E-state index in [4.69, 9.17) is 9.40 Å². The first-order valence-electron chi connectivity index (χ1n) is 17.6. The zero-order valence-electron chi connectivity index (χ0n) is 28.3. The Hall–Kier alpha value is -6.97. The summed E-state index contributed by atoms with van der Waals surface area (Å²) in [4.78, 5) is 7.25. The Morgan fingerprint density at radius 3 is 1.63 bits per heavy atom. The third-order valence-electron chi connectivity index (χ3n) is 10.1. The molecule has 10 aromatic rings. The first kappa shape index (κ1) is 29.9. The molecule has 0 saturated carbocycles. The summed E-state index contributed by atoms with van der Waals surface area (Å²) in [6.07, 6.45) is 0. The highest BCUT2D eigenvalue weighted by molar-refractivity contribution is 6.00. The van der Waals surface area contributed by atoms with Crippen molar-refractivity contribution in [1.29, 1.82) is 0 Å². The monoisotopic (exact) mass is 664 g/mol. The number of rotatable bonds is 6. The quantitative estimate of drug-likeness (QED) is 0.177. The van der Waals surface area contributed by atoms with Crippen molar-refractivity contribution in [2.24, 2.45) is 0 Å². The molecular formula is C49H32N2O. The van der Waals surface area contributed by atoms with Crippen molar-refractivity contribution in [2.75, 3.05) is 4.90 Å². The van der Waals surface area contributed by atoms with Gasteiger partial charge in [-0.15, -0.1) is 0 Å². The summed E-state index contributed by atoms with van der Waals surface area (Å²) >= 11 is 0. The van der Waals surface area contributed by atoms with Crippen LogP contribution in [0.15, 0.2) is 199 Å². The van der Waals surface area contributed by atoms with Crippen LogP contribution in [0.4, 0.5) is 17.1 Å². The van der Waals surface area contributed by atoms with Crippen LogP contribution in [0.5, 0.6) is 0 Å². The van der Waals surface area contributed by atoms with Gasteiger partial charge in [0.25, 0.3) is 0 Å². The number of hydrogen-bond donors (Lipinski definition) is 0. The molecule has 0 aliphatic carbocycles. The largest absolute Gasteiger partial charge is 0.435 e. The lowest BCUT2D eigenvalue weighted by molar-refractivity contribution is 0.621. The summed E-state index contributed by atoms with van der Waals surface area (Å²) in [6.45, 7) is 0. The Labute approximate surface area is 301 Å². The third-order valence-corrected chi connectivity index (χ3v) is 10.1.